The van der Waals surface area contributed by atoms with Crippen molar-refractivity contribution >= 4 is 17.7 Å². The van der Waals surface area contributed by atoms with E-state index >= 15 is 0 Å². The zero-order chi connectivity index (χ0) is 24.2. The molecule has 2 aliphatic carbocycles. The lowest BCUT2D eigenvalue weighted by atomic mass is 9.76. The molecule has 1 aromatic carbocycles. The predicted octanol–water partition coefficient (Wildman–Crippen LogP) is 6.50. The lowest BCUT2D eigenvalue weighted by molar-refractivity contribution is 0.0246. The first-order chi connectivity index (χ1) is 16.4. The van der Waals surface area contributed by atoms with Crippen LogP contribution in [0.5, 0.6) is 5.75 Å². The highest BCUT2D eigenvalue weighted by molar-refractivity contribution is 5.98. The summed E-state index contributed by atoms with van der Waals surface area (Å²) in [6, 6.07) is 5.64. The van der Waals surface area contributed by atoms with E-state index in [0.29, 0.717) is 46.7 Å². The number of anilines is 1. The third kappa shape index (κ3) is 5.52. The second kappa shape index (κ2) is 11.0. The molecule has 0 spiro atoms. The highest BCUT2D eigenvalue weighted by Gasteiger charge is 2.37. The number of nitrogens with one attached hydrogen (secondary N) is 1. The van der Waals surface area contributed by atoms with Gasteiger partial charge in [-0.05, 0) is 80.8 Å². The van der Waals surface area contributed by atoms with Gasteiger partial charge in [0.05, 0.1) is 12.7 Å². The molecule has 188 valence electrons. The maximum atomic E-state index is 13.5. The molecule has 0 bridgehead atoms. The molecule has 1 aliphatic heterocycles. The average molecular weight is 471 g/mol. The van der Waals surface area contributed by atoms with Crippen molar-refractivity contribution in [2.24, 2.45) is 23.7 Å². The van der Waals surface area contributed by atoms with Crippen molar-refractivity contribution < 1.29 is 19.1 Å². The van der Waals surface area contributed by atoms with Gasteiger partial charge >= 0.3 is 6.09 Å². The summed E-state index contributed by atoms with van der Waals surface area (Å²) in [7, 11) is 1.57. The summed E-state index contributed by atoms with van der Waals surface area (Å²) in [5, 5.41) is 2.85. The van der Waals surface area contributed by atoms with Crippen LogP contribution in [0.3, 0.4) is 0 Å². The third-order valence-corrected chi connectivity index (χ3v) is 8.55. The molecule has 1 saturated heterocycles. The molecule has 4 unspecified atom stereocenters. The zero-order valence-electron chi connectivity index (χ0n) is 21.3. The van der Waals surface area contributed by atoms with Crippen LogP contribution in [-0.4, -0.2) is 42.7 Å². The van der Waals surface area contributed by atoms with Crippen molar-refractivity contribution in [2.45, 2.75) is 90.7 Å². The van der Waals surface area contributed by atoms with Crippen molar-refractivity contribution in [3.8, 4) is 5.75 Å². The highest BCUT2D eigenvalue weighted by Crippen LogP contribution is 2.38. The number of hydrogen-bond acceptors (Lipinski definition) is 4. The summed E-state index contributed by atoms with van der Waals surface area (Å²) >= 11 is 0. The van der Waals surface area contributed by atoms with Gasteiger partial charge in [-0.25, -0.2) is 4.79 Å². The monoisotopic (exact) mass is 470 g/mol. The van der Waals surface area contributed by atoms with E-state index in [-0.39, 0.29) is 12.0 Å². The van der Waals surface area contributed by atoms with Gasteiger partial charge in [0.1, 0.15) is 11.9 Å². The Morgan fingerprint density at radius 3 is 2.59 bits per heavy atom. The second-order valence-corrected chi connectivity index (χ2v) is 11.0. The Morgan fingerprint density at radius 2 is 1.82 bits per heavy atom. The first-order valence-electron chi connectivity index (χ1n) is 13.3. The molecular formula is C28H42N2O4. The lowest BCUT2D eigenvalue weighted by Crippen LogP contribution is -2.49. The minimum Gasteiger partial charge on any atom is -0.496 e. The number of amides is 2. The first kappa shape index (κ1) is 24.9. The topological polar surface area (TPSA) is 67.9 Å². The number of carbonyl (C=O) groups is 2. The van der Waals surface area contributed by atoms with Gasteiger partial charge < -0.3 is 14.4 Å². The number of ether oxygens (including phenoxy) is 2. The van der Waals surface area contributed by atoms with Crippen LogP contribution in [0.15, 0.2) is 18.2 Å². The molecule has 4 rings (SSSR count). The van der Waals surface area contributed by atoms with Crippen LogP contribution in [0.1, 0.15) is 88.9 Å². The smallest absolute Gasteiger partial charge is 0.411 e. The highest BCUT2D eigenvalue weighted by atomic mass is 16.6. The van der Waals surface area contributed by atoms with Gasteiger partial charge in [0.2, 0.25) is 0 Å². The molecule has 3 aliphatic rings. The van der Waals surface area contributed by atoms with Gasteiger partial charge in [0, 0.05) is 24.3 Å². The standard InChI is InChI=1S/C28H42N2O4/c1-18(2)21-12-11-19(3)25(16-21)34-28(32)29-22-13-14-23(26(17-22)33-4)27(31)30-15-7-9-20-8-5-6-10-24(20)30/h13-14,17-21,24-25H,5-12,15-16H2,1-4H3,(H,29,32)/t19-,20?,21?,24?,25?/m1/s1. The van der Waals surface area contributed by atoms with E-state index in [1.54, 1.807) is 25.3 Å². The maximum absolute atomic E-state index is 13.5. The van der Waals surface area contributed by atoms with Crippen LogP contribution < -0.4 is 10.1 Å². The molecule has 6 nitrogen and oxygen atoms in total. The number of hydrogen-bond donors (Lipinski definition) is 1. The lowest BCUT2D eigenvalue weighted by Gasteiger charge is -2.44. The summed E-state index contributed by atoms with van der Waals surface area (Å²) in [4.78, 5) is 28.2. The molecule has 0 aromatic heterocycles. The normalized spacial score (nSPS) is 29.3. The summed E-state index contributed by atoms with van der Waals surface area (Å²) < 4.78 is 11.4. The summed E-state index contributed by atoms with van der Waals surface area (Å²) in [5.74, 6) is 2.72. The Morgan fingerprint density at radius 1 is 1.06 bits per heavy atom. The van der Waals surface area contributed by atoms with Crippen molar-refractivity contribution in [3.63, 3.8) is 0 Å². The molecule has 6 heteroatoms. The van der Waals surface area contributed by atoms with Gasteiger partial charge in [0.25, 0.3) is 5.91 Å². The number of methoxy groups -OCH3 is 1. The van der Waals surface area contributed by atoms with E-state index in [1.165, 1.54) is 32.1 Å². The van der Waals surface area contributed by atoms with Crippen molar-refractivity contribution in [1.82, 2.24) is 4.90 Å². The molecule has 5 atom stereocenters. The van der Waals surface area contributed by atoms with Crippen LogP contribution in [0.25, 0.3) is 0 Å². The number of rotatable bonds is 5. The van der Waals surface area contributed by atoms with E-state index in [9.17, 15) is 9.59 Å². The fraction of sp³-hybridized carbons (Fsp3) is 0.714. The minimum atomic E-state index is -0.441. The maximum Gasteiger partial charge on any atom is 0.411 e. The SMILES string of the molecule is COc1cc(NC(=O)OC2CC(C(C)C)CC[C@H]2C)ccc1C(=O)N1CCCC2CCCCC21. The van der Waals surface area contributed by atoms with E-state index in [2.05, 4.69) is 31.0 Å². The number of carbonyl (C=O) groups excluding carboxylic acids is 2. The van der Waals surface area contributed by atoms with Crippen LogP contribution in [0, 0.1) is 23.7 Å². The Hall–Kier alpha value is -2.24. The Balaban J connectivity index is 1.41. The average Bonchev–Trinajstić information content (AvgIpc) is 2.84. The number of piperidine rings is 1. The number of fused-ring (bicyclic) bond motifs is 1. The molecule has 1 aromatic rings. The number of benzene rings is 1. The van der Waals surface area contributed by atoms with Crippen molar-refractivity contribution in [3.05, 3.63) is 23.8 Å². The quantitative estimate of drug-likeness (QED) is 0.533. The van der Waals surface area contributed by atoms with Gasteiger partial charge in [0.15, 0.2) is 0 Å². The van der Waals surface area contributed by atoms with E-state index < -0.39 is 6.09 Å². The zero-order valence-corrected chi connectivity index (χ0v) is 21.3. The molecule has 1 N–H and O–H groups in total. The van der Waals surface area contributed by atoms with Crippen LogP contribution in [0.4, 0.5) is 10.5 Å². The molecular weight excluding hydrogens is 428 g/mol. The Bertz CT molecular complexity index is 868. The largest absolute Gasteiger partial charge is 0.496 e. The Labute approximate surface area is 204 Å². The molecule has 34 heavy (non-hydrogen) atoms. The van der Waals surface area contributed by atoms with Crippen molar-refractivity contribution in [1.29, 1.82) is 0 Å². The van der Waals surface area contributed by atoms with Crippen LogP contribution in [0.2, 0.25) is 0 Å². The minimum absolute atomic E-state index is 0.0401. The fourth-order valence-corrected chi connectivity index (χ4v) is 6.34. The van der Waals surface area contributed by atoms with Gasteiger partial charge in [-0.2, -0.15) is 0 Å². The predicted molar refractivity (Wildman–Crippen MR) is 134 cm³/mol. The van der Waals surface area contributed by atoms with E-state index in [0.717, 1.165) is 32.2 Å². The van der Waals surface area contributed by atoms with E-state index in [1.807, 2.05) is 0 Å². The molecule has 2 saturated carbocycles. The Kier molecular flexibility index (Phi) is 8.05. The molecule has 3 fully saturated rings. The molecule has 2 amide bonds. The summed E-state index contributed by atoms with van der Waals surface area (Å²) in [5.41, 5.74) is 1.14. The third-order valence-electron chi connectivity index (χ3n) is 8.55. The molecule has 1 heterocycles. The second-order valence-electron chi connectivity index (χ2n) is 11.0. The number of likely N-dealkylation sites (tertiary alicyclic amines) is 1. The summed E-state index contributed by atoms with van der Waals surface area (Å²) in [6.45, 7) is 7.46. The molecule has 0 radical (unpaired) electrons. The number of nitrogens with zero attached hydrogens (tertiary/aromatic N) is 1. The summed E-state index contributed by atoms with van der Waals surface area (Å²) in [6.07, 6.45) is 9.80. The first-order valence-corrected chi connectivity index (χ1v) is 13.3. The fourth-order valence-electron chi connectivity index (χ4n) is 6.34. The van der Waals surface area contributed by atoms with Crippen molar-refractivity contribution in [2.75, 3.05) is 19.0 Å². The van der Waals surface area contributed by atoms with Gasteiger partial charge in [-0.1, -0.05) is 33.6 Å². The van der Waals surface area contributed by atoms with Crippen LogP contribution in [-0.2, 0) is 4.74 Å². The van der Waals surface area contributed by atoms with Gasteiger partial charge in [-0.15, -0.1) is 0 Å². The van der Waals surface area contributed by atoms with E-state index in [4.69, 9.17) is 9.47 Å². The van der Waals surface area contributed by atoms with Crippen LogP contribution >= 0.6 is 0 Å². The van der Waals surface area contributed by atoms with Gasteiger partial charge in [-0.3, -0.25) is 10.1 Å².